The number of halogens is 3. The Kier molecular flexibility index (Phi) is 17.8. The molecule has 0 unspecified atom stereocenters. The van der Waals surface area contributed by atoms with Crippen molar-refractivity contribution in [3.63, 3.8) is 0 Å². The van der Waals surface area contributed by atoms with Crippen molar-refractivity contribution in [1.29, 1.82) is 5.26 Å². The number of nitrogens with zero attached hydrogens (tertiary/aromatic N) is 8. The molecule has 17 nitrogen and oxygen atoms in total. The highest BCUT2D eigenvalue weighted by Gasteiger charge is 2.64. The van der Waals surface area contributed by atoms with E-state index >= 15 is 0 Å². The van der Waals surface area contributed by atoms with Crippen LogP contribution in [0.4, 0.5) is 19.0 Å². The van der Waals surface area contributed by atoms with Crippen LogP contribution in [0.25, 0.3) is 10.4 Å². The molecule has 4 aromatic rings. The minimum absolute atomic E-state index is 0.00204. The Morgan fingerprint density at radius 3 is 2.08 bits per heavy atom. The molecule has 3 saturated heterocycles. The van der Waals surface area contributed by atoms with Crippen molar-refractivity contribution in [3.8, 4) is 22.3 Å². The second-order valence-corrected chi connectivity index (χ2v) is 24.8. The zero-order chi connectivity index (χ0) is 57.2. The molecule has 79 heavy (non-hydrogen) atoms. The Morgan fingerprint density at radius 1 is 0.873 bits per heavy atom. The van der Waals surface area contributed by atoms with Crippen LogP contribution in [0.1, 0.15) is 107 Å². The number of alkyl halides is 3. The normalized spacial score (nSPS) is 22.5. The minimum atomic E-state index is -4.71. The first-order valence-corrected chi connectivity index (χ1v) is 28.2. The molecule has 0 radical (unpaired) electrons. The van der Waals surface area contributed by atoms with Gasteiger partial charge in [-0.15, -0.1) is 11.3 Å². The van der Waals surface area contributed by atoms with Crippen molar-refractivity contribution in [3.05, 3.63) is 94.3 Å². The number of nitrogens with one attached hydrogen (secondary N) is 3. The van der Waals surface area contributed by atoms with Crippen molar-refractivity contribution in [2.75, 3.05) is 83.4 Å². The van der Waals surface area contributed by atoms with Crippen LogP contribution in [0, 0.1) is 34.5 Å². The van der Waals surface area contributed by atoms with Crippen LogP contribution in [-0.4, -0.2) is 167 Å². The number of carbonyl (C=O) groups is 4. The van der Waals surface area contributed by atoms with Crippen molar-refractivity contribution >= 4 is 40.8 Å². The number of hydrogen-bond donors (Lipinski definition) is 4. The molecule has 8 rings (SSSR count). The van der Waals surface area contributed by atoms with Gasteiger partial charge in [-0.2, -0.15) is 18.4 Å². The Bertz CT molecular complexity index is 2840. The van der Waals surface area contributed by atoms with Crippen LogP contribution in [-0.2, 0) is 20.6 Å². The van der Waals surface area contributed by atoms with Gasteiger partial charge in [0.1, 0.15) is 29.8 Å². The number of pyridine rings is 1. The summed E-state index contributed by atoms with van der Waals surface area (Å²) < 4.78 is 47.1. The van der Waals surface area contributed by atoms with E-state index < -0.39 is 57.8 Å². The molecule has 1 saturated carbocycles. The SMILES string of the molecule is Cc1ncsc1-c1ccc([C@H](C)NC(=O)[C@@H]2C[C@@H](O)CN2C(=O)[C@@H](NC(=O)CN2CCN(CCCN3CCN(c4ccc(C(=O)NC5C(C)(C)C(Oc6ccc(C#N)c(C(F)(F)F)c6)C5(C)C)cn4)CC3)CC2)C(C)(C)C)cc1. The molecule has 0 bridgehead atoms. The number of aliphatic hydroxyl groups excluding tert-OH is 1. The van der Waals surface area contributed by atoms with Gasteiger partial charge in [0, 0.05) is 88.4 Å². The molecular weight excluding hydrogens is 1040 g/mol. The van der Waals surface area contributed by atoms with Gasteiger partial charge in [-0.25, -0.2) is 9.97 Å². The van der Waals surface area contributed by atoms with Crippen molar-refractivity contribution in [2.45, 2.75) is 118 Å². The number of piperazine rings is 2. The van der Waals surface area contributed by atoms with Gasteiger partial charge in [0.05, 0.1) is 57.5 Å². The van der Waals surface area contributed by atoms with Gasteiger partial charge in [-0.3, -0.25) is 29.0 Å². The fourth-order valence-electron chi connectivity index (χ4n) is 12.1. The predicted molar refractivity (Wildman–Crippen MR) is 296 cm³/mol. The number of hydrogen-bond acceptors (Lipinski definition) is 14. The molecule has 0 spiro atoms. The van der Waals surface area contributed by atoms with Crippen LogP contribution >= 0.6 is 11.3 Å². The van der Waals surface area contributed by atoms with E-state index in [9.17, 15) is 42.7 Å². The maximum absolute atomic E-state index is 14.3. The Morgan fingerprint density at radius 2 is 1.51 bits per heavy atom. The first-order valence-electron chi connectivity index (χ1n) is 27.3. The number of carbonyl (C=O) groups excluding carboxylic acids is 4. The fraction of sp³-hybridized carbons (Fsp3) is 0.569. The quantitative estimate of drug-likeness (QED) is 0.0893. The first-order chi connectivity index (χ1) is 37.2. The smallest absolute Gasteiger partial charge is 0.417 e. The molecule has 4 N–H and O–H groups in total. The molecule has 2 aromatic heterocycles. The summed E-state index contributed by atoms with van der Waals surface area (Å²) in [5.74, 6) is -0.513. The van der Waals surface area contributed by atoms with Crippen molar-refractivity contribution in [2.24, 2.45) is 16.2 Å². The Labute approximate surface area is 465 Å². The number of rotatable bonds is 17. The molecule has 426 valence electrons. The van der Waals surface area contributed by atoms with Crippen LogP contribution in [0.15, 0.2) is 66.3 Å². The average molecular weight is 1110 g/mol. The summed E-state index contributed by atoms with van der Waals surface area (Å²) in [5.41, 5.74) is 1.67. The number of aliphatic hydroxyl groups is 1. The predicted octanol–water partition coefficient (Wildman–Crippen LogP) is 6.52. The van der Waals surface area contributed by atoms with Crippen LogP contribution in [0.3, 0.4) is 0 Å². The highest BCUT2D eigenvalue weighted by atomic mass is 32.1. The molecule has 4 amide bonds. The summed E-state index contributed by atoms with van der Waals surface area (Å²) in [5, 5.41) is 29.1. The summed E-state index contributed by atoms with van der Waals surface area (Å²) in [6.45, 7) is 25.6. The maximum Gasteiger partial charge on any atom is 0.417 e. The lowest BCUT2D eigenvalue weighted by molar-refractivity contribution is -0.164. The van der Waals surface area contributed by atoms with E-state index in [-0.39, 0.29) is 61.0 Å². The van der Waals surface area contributed by atoms with Crippen molar-refractivity contribution in [1.82, 2.24) is 45.5 Å². The second kappa shape index (κ2) is 23.9. The van der Waals surface area contributed by atoms with Crippen LogP contribution < -0.4 is 25.6 Å². The van der Waals surface area contributed by atoms with Gasteiger partial charge >= 0.3 is 6.18 Å². The monoisotopic (exact) mass is 1110 g/mol. The molecule has 21 heteroatoms. The summed E-state index contributed by atoms with van der Waals surface area (Å²) in [6.07, 6.45) is -3.43. The third-order valence-corrected chi connectivity index (χ3v) is 17.3. The summed E-state index contributed by atoms with van der Waals surface area (Å²) >= 11 is 1.58. The van der Waals surface area contributed by atoms with Gasteiger partial charge in [0.2, 0.25) is 17.7 Å². The van der Waals surface area contributed by atoms with Crippen molar-refractivity contribution < 1.29 is 42.2 Å². The van der Waals surface area contributed by atoms with Crippen LogP contribution in [0.2, 0.25) is 0 Å². The first kappa shape index (κ1) is 59.0. The van der Waals surface area contributed by atoms with E-state index in [0.29, 0.717) is 18.7 Å². The largest absolute Gasteiger partial charge is 0.489 e. The lowest BCUT2D eigenvalue weighted by atomic mass is 9.49. The molecule has 4 aliphatic rings. The van der Waals surface area contributed by atoms with Gasteiger partial charge < -0.3 is 40.5 Å². The number of nitriles is 1. The highest BCUT2D eigenvalue weighted by Crippen LogP contribution is 2.56. The molecular formula is C58H76F3N11O6S. The topological polar surface area (TPSA) is 200 Å². The molecule has 4 fully saturated rings. The van der Waals surface area contributed by atoms with E-state index in [0.717, 1.165) is 98.4 Å². The third kappa shape index (κ3) is 13.5. The van der Waals surface area contributed by atoms with E-state index in [4.69, 9.17) is 4.74 Å². The molecule has 3 aliphatic heterocycles. The van der Waals surface area contributed by atoms with Gasteiger partial charge in [0.25, 0.3) is 5.91 Å². The van der Waals surface area contributed by atoms with E-state index in [2.05, 4.69) is 45.5 Å². The Balaban J connectivity index is 0.731. The van der Waals surface area contributed by atoms with Gasteiger partial charge in [0.15, 0.2) is 0 Å². The number of thiazole rings is 1. The Hall–Kier alpha value is -6.18. The summed E-state index contributed by atoms with van der Waals surface area (Å²) in [6, 6.07) is 14.0. The lowest BCUT2D eigenvalue weighted by Crippen LogP contribution is -2.74. The number of β-amino-alcohol motifs (C(OH)–C–C–N with tert-alkyl or cyclic N) is 1. The maximum atomic E-state index is 14.3. The fourth-order valence-corrected chi connectivity index (χ4v) is 12.9. The summed E-state index contributed by atoms with van der Waals surface area (Å²) in [4.78, 5) is 75.9. The minimum Gasteiger partial charge on any atom is -0.489 e. The standard InChI is InChI=1S/C58H76F3N11O6S/c1-36(38-11-13-39(14-12-38)48-37(2)64-35-79-48)65-51(76)45-29-42(73)33-72(45)52(77)49(55(3,4)5)66-47(74)34-70-23-21-68(22-24-70)19-10-20-69-25-27-71(28-26-69)46-18-16-41(32-63-46)50(75)67-53-56(6,7)54(57(53,8)9)78-43-17-15-40(31-62)44(30-43)58(59,60)61/h11-18,30,32,35-36,42,45,49,53-54,73H,10,19-29,33-34H2,1-9H3,(H,65,76)(H,66,74)(H,67,75)/t36-,42+,45-,49+,53?,54?/m0/s1. The number of ether oxygens (including phenoxy) is 1. The molecule has 2 aromatic carbocycles. The molecule has 1 aliphatic carbocycles. The lowest BCUT2D eigenvalue weighted by Gasteiger charge is -2.63. The van der Waals surface area contributed by atoms with E-state index in [1.54, 1.807) is 29.7 Å². The molecule has 4 atom stereocenters. The molecule has 5 heterocycles. The number of aryl methyl sites for hydroxylation is 1. The number of amides is 4. The second-order valence-electron chi connectivity index (χ2n) is 24.0. The van der Waals surface area contributed by atoms with Gasteiger partial charge in [-0.1, -0.05) is 72.7 Å². The van der Waals surface area contributed by atoms with E-state index in [1.807, 2.05) is 98.2 Å². The highest BCUT2D eigenvalue weighted by molar-refractivity contribution is 7.13. The zero-order valence-corrected chi connectivity index (χ0v) is 47.6. The van der Waals surface area contributed by atoms with E-state index in [1.165, 1.54) is 11.0 Å². The number of likely N-dealkylation sites (tertiary alicyclic amines) is 1. The van der Waals surface area contributed by atoms with Crippen LogP contribution in [0.5, 0.6) is 5.75 Å². The number of benzene rings is 2. The summed E-state index contributed by atoms with van der Waals surface area (Å²) in [7, 11) is 0. The number of anilines is 1. The zero-order valence-electron chi connectivity index (χ0n) is 46.8. The third-order valence-electron chi connectivity index (χ3n) is 16.3. The number of aromatic nitrogens is 2. The average Bonchev–Trinajstić information content (AvgIpc) is 3.90. The van der Waals surface area contributed by atoms with Gasteiger partial charge in [-0.05, 0) is 80.2 Å².